The number of aromatic nitrogens is 3. The fourth-order valence-electron chi connectivity index (χ4n) is 4.21. The second kappa shape index (κ2) is 9.79. The van der Waals surface area contributed by atoms with Crippen LogP contribution in [-0.2, 0) is 21.4 Å². The number of rotatable bonds is 6. The van der Waals surface area contributed by atoms with Crippen LogP contribution in [0.2, 0.25) is 0 Å². The molecule has 2 aromatic heterocycles. The topological polar surface area (TPSA) is 174 Å². The van der Waals surface area contributed by atoms with Crippen molar-refractivity contribution in [1.82, 2.24) is 20.3 Å². The summed E-state index contributed by atoms with van der Waals surface area (Å²) in [6, 6.07) is 9.59. The molecule has 4 heterocycles. The molecule has 4 N–H and O–H groups in total. The average Bonchev–Trinajstić information content (AvgIpc) is 3.18. The van der Waals surface area contributed by atoms with Crippen molar-refractivity contribution < 1.29 is 32.2 Å². The van der Waals surface area contributed by atoms with Gasteiger partial charge in [0.1, 0.15) is 17.6 Å². The van der Waals surface area contributed by atoms with Crippen molar-refractivity contribution in [1.29, 1.82) is 0 Å². The SMILES string of the molecule is O=C1COc2ccc(CNC(=O)c3ncnc4c(NS(=O)(=O)c5ccc6c(c5)OCCCO6)c[nH]c34)cc2N1. The number of amides is 2. The lowest BCUT2D eigenvalue weighted by Crippen LogP contribution is -2.26. The summed E-state index contributed by atoms with van der Waals surface area (Å²) in [4.78, 5) is 35.7. The highest BCUT2D eigenvalue weighted by molar-refractivity contribution is 7.92. The predicted molar refractivity (Wildman–Crippen MR) is 138 cm³/mol. The van der Waals surface area contributed by atoms with Gasteiger partial charge in [-0.15, -0.1) is 0 Å². The van der Waals surface area contributed by atoms with Crippen molar-refractivity contribution in [2.75, 3.05) is 29.9 Å². The summed E-state index contributed by atoms with van der Waals surface area (Å²) >= 11 is 0. The Balaban J connectivity index is 1.20. The van der Waals surface area contributed by atoms with Gasteiger partial charge in [-0.05, 0) is 29.8 Å². The second-order valence-corrected chi connectivity index (χ2v) is 10.4. The van der Waals surface area contributed by atoms with Gasteiger partial charge in [-0.1, -0.05) is 6.07 Å². The number of hydrogen-bond acceptors (Lipinski definition) is 9. The minimum absolute atomic E-state index is 0.0141. The van der Waals surface area contributed by atoms with Crippen molar-refractivity contribution in [3.63, 3.8) is 0 Å². The van der Waals surface area contributed by atoms with Crippen LogP contribution in [-0.4, -0.2) is 55.0 Å². The molecule has 2 aromatic carbocycles. The molecule has 2 aliphatic heterocycles. The molecule has 0 radical (unpaired) electrons. The number of H-pyrrole nitrogens is 1. The molecular weight excluding hydrogens is 528 g/mol. The lowest BCUT2D eigenvalue weighted by Gasteiger charge is -2.18. The first-order chi connectivity index (χ1) is 18.9. The number of ether oxygens (including phenoxy) is 3. The zero-order chi connectivity index (χ0) is 27.0. The van der Waals surface area contributed by atoms with Crippen LogP contribution in [0, 0.1) is 0 Å². The van der Waals surface area contributed by atoms with E-state index in [9.17, 15) is 18.0 Å². The van der Waals surface area contributed by atoms with E-state index in [1.54, 1.807) is 24.3 Å². The third-order valence-electron chi connectivity index (χ3n) is 6.08. The van der Waals surface area contributed by atoms with Gasteiger partial charge in [-0.2, -0.15) is 0 Å². The monoisotopic (exact) mass is 550 g/mol. The standard InChI is InChI=1S/C25H22N6O7S/c32-21-12-38-18-4-2-14(8-16(18)30-21)10-27-25(33)24-23-22(28-13-29-24)17(11-26-23)31-39(34,35)15-3-5-19-20(9-15)37-7-1-6-36-19/h2-5,8-9,11,13,26,31H,1,6-7,10,12H2,(H,27,33)(H,30,32). The summed E-state index contributed by atoms with van der Waals surface area (Å²) in [5, 5.41) is 5.50. The highest BCUT2D eigenvalue weighted by atomic mass is 32.2. The molecule has 14 heteroatoms. The normalized spacial score (nSPS) is 14.5. The third kappa shape index (κ3) is 4.88. The first-order valence-electron chi connectivity index (χ1n) is 12.0. The zero-order valence-electron chi connectivity index (χ0n) is 20.3. The molecule has 39 heavy (non-hydrogen) atoms. The van der Waals surface area contributed by atoms with Crippen molar-refractivity contribution in [3.8, 4) is 17.2 Å². The highest BCUT2D eigenvalue weighted by Gasteiger charge is 2.23. The van der Waals surface area contributed by atoms with E-state index in [0.29, 0.717) is 42.6 Å². The van der Waals surface area contributed by atoms with E-state index in [1.165, 1.54) is 24.7 Å². The van der Waals surface area contributed by atoms with Crippen molar-refractivity contribution in [3.05, 3.63) is 60.2 Å². The fraction of sp³-hybridized carbons (Fsp3) is 0.200. The van der Waals surface area contributed by atoms with Gasteiger partial charge in [-0.25, -0.2) is 18.4 Å². The molecule has 13 nitrogen and oxygen atoms in total. The van der Waals surface area contributed by atoms with Gasteiger partial charge in [0, 0.05) is 25.2 Å². The number of anilines is 2. The van der Waals surface area contributed by atoms with Gasteiger partial charge in [0.05, 0.1) is 35.0 Å². The van der Waals surface area contributed by atoms with E-state index in [1.807, 2.05) is 0 Å². The molecule has 0 atom stereocenters. The number of fused-ring (bicyclic) bond motifs is 3. The summed E-state index contributed by atoms with van der Waals surface area (Å²) in [7, 11) is -4.02. The maximum absolute atomic E-state index is 13.1. The Hall–Kier alpha value is -4.85. The van der Waals surface area contributed by atoms with Crippen LogP contribution >= 0.6 is 0 Å². The van der Waals surface area contributed by atoms with Crippen LogP contribution < -0.4 is 29.6 Å². The number of carbonyl (C=O) groups excluding carboxylic acids is 2. The van der Waals surface area contributed by atoms with Crippen LogP contribution in [0.1, 0.15) is 22.5 Å². The minimum atomic E-state index is -4.02. The zero-order valence-corrected chi connectivity index (χ0v) is 21.1. The Bertz CT molecular complexity index is 1720. The Morgan fingerprint density at radius 2 is 1.82 bits per heavy atom. The van der Waals surface area contributed by atoms with E-state index >= 15 is 0 Å². The van der Waals surface area contributed by atoms with Crippen molar-refractivity contribution in [2.45, 2.75) is 17.9 Å². The smallest absolute Gasteiger partial charge is 0.272 e. The van der Waals surface area contributed by atoms with Crippen LogP contribution in [0.5, 0.6) is 17.2 Å². The van der Waals surface area contributed by atoms with E-state index < -0.39 is 15.9 Å². The molecule has 0 aliphatic carbocycles. The maximum atomic E-state index is 13.1. The molecule has 2 aliphatic rings. The van der Waals surface area contributed by atoms with Gasteiger partial charge in [0.15, 0.2) is 23.8 Å². The van der Waals surface area contributed by atoms with Crippen LogP contribution in [0.4, 0.5) is 11.4 Å². The van der Waals surface area contributed by atoms with E-state index in [2.05, 4.69) is 30.3 Å². The first-order valence-corrected chi connectivity index (χ1v) is 13.4. The van der Waals surface area contributed by atoms with Gasteiger partial charge in [0.25, 0.3) is 21.8 Å². The molecule has 0 fully saturated rings. The Morgan fingerprint density at radius 1 is 1.00 bits per heavy atom. The summed E-state index contributed by atoms with van der Waals surface area (Å²) < 4.78 is 45.3. The molecule has 2 amide bonds. The number of hydrogen-bond donors (Lipinski definition) is 4. The predicted octanol–water partition coefficient (Wildman–Crippen LogP) is 2.18. The molecule has 0 saturated carbocycles. The number of carbonyl (C=O) groups is 2. The molecule has 0 spiro atoms. The second-order valence-electron chi connectivity index (χ2n) is 8.76. The summed E-state index contributed by atoms with van der Waals surface area (Å²) in [5.74, 6) is 0.629. The van der Waals surface area contributed by atoms with E-state index in [4.69, 9.17) is 14.2 Å². The van der Waals surface area contributed by atoms with Crippen LogP contribution in [0.3, 0.4) is 0 Å². The number of benzene rings is 2. The minimum Gasteiger partial charge on any atom is -0.490 e. The summed E-state index contributed by atoms with van der Waals surface area (Å²) in [6.07, 6.45) is 3.28. The summed E-state index contributed by atoms with van der Waals surface area (Å²) in [6.45, 7) is 1.02. The molecule has 6 rings (SSSR count). The van der Waals surface area contributed by atoms with Crippen LogP contribution in [0.15, 0.2) is 53.8 Å². The van der Waals surface area contributed by atoms with Gasteiger partial charge >= 0.3 is 0 Å². The quantitative estimate of drug-likeness (QED) is 0.281. The fourth-order valence-corrected chi connectivity index (χ4v) is 5.28. The van der Waals surface area contributed by atoms with Gasteiger partial charge < -0.3 is 29.8 Å². The van der Waals surface area contributed by atoms with Crippen LogP contribution in [0.25, 0.3) is 11.0 Å². The number of nitrogens with one attached hydrogen (secondary N) is 4. The number of aromatic amines is 1. The largest absolute Gasteiger partial charge is 0.490 e. The molecule has 0 bridgehead atoms. The molecule has 0 saturated heterocycles. The highest BCUT2D eigenvalue weighted by Crippen LogP contribution is 2.33. The van der Waals surface area contributed by atoms with Gasteiger partial charge in [0.2, 0.25) is 0 Å². The number of sulfonamides is 1. The first kappa shape index (κ1) is 24.5. The third-order valence-corrected chi connectivity index (χ3v) is 7.44. The molecular formula is C25H22N6O7S. The van der Waals surface area contributed by atoms with E-state index in [0.717, 1.165) is 5.56 Å². The molecule has 4 aromatic rings. The Labute approximate surface area is 221 Å². The Kier molecular flexibility index (Phi) is 6.15. The molecule has 0 unspecified atom stereocenters. The maximum Gasteiger partial charge on any atom is 0.272 e. The lowest BCUT2D eigenvalue weighted by molar-refractivity contribution is -0.118. The van der Waals surface area contributed by atoms with Crippen molar-refractivity contribution >= 4 is 44.2 Å². The van der Waals surface area contributed by atoms with Gasteiger partial charge in [-0.3, -0.25) is 14.3 Å². The summed E-state index contributed by atoms with van der Waals surface area (Å²) in [5.41, 5.74) is 1.93. The average molecular weight is 551 g/mol. The van der Waals surface area contributed by atoms with E-state index in [-0.39, 0.29) is 46.4 Å². The Morgan fingerprint density at radius 3 is 2.69 bits per heavy atom. The lowest BCUT2D eigenvalue weighted by atomic mass is 10.1. The number of nitrogens with zero attached hydrogens (tertiary/aromatic N) is 2. The molecule has 200 valence electrons. The van der Waals surface area contributed by atoms with Crippen molar-refractivity contribution in [2.24, 2.45) is 0 Å².